The molecule has 0 atom stereocenters. The second kappa shape index (κ2) is 88.3. The number of hydrogen-bond donors (Lipinski definition) is 3. The molecule has 0 unspecified atom stereocenters. The van der Waals surface area contributed by atoms with E-state index in [0.29, 0.717) is 0 Å². The van der Waals surface area contributed by atoms with Crippen LogP contribution in [0.5, 0.6) is 0 Å². The molecule has 0 aromatic rings. The summed E-state index contributed by atoms with van der Waals surface area (Å²) >= 11 is 0. The van der Waals surface area contributed by atoms with Gasteiger partial charge >= 0.3 is 10.4 Å². The lowest BCUT2D eigenvalue weighted by molar-refractivity contribution is 0.381. The molecule has 0 amide bonds. The van der Waals surface area contributed by atoms with Crippen molar-refractivity contribution >= 4 is 10.4 Å². The first-order valence-electron chi connectivity index (χ1n) is 0.698. The van der Waals surface area contributed by atoms with Crippen LogP contribution in [0.25, 0.3) is 0 Å². The van der Waals surface area contributed by atoms with Gasteiger partial charge in [-0.05, 0) is 0 Å². The molecule has 0 spiro atoms. The third-order valence-electron chi connectivity index (χ3n) is 0. The van der Waals surface area contributed by atoms with Crippen LogP contribution in [0, 0.1) is 0 Å². The Morgan fingerprint density at radius 3 is 0.500 bits per heavy atom. The molecule has 0 heterocycles. The quantitative estimate of drug-likeness (QED) is 0.365. The minimum Gasteiger partial charge on any atom is -0.412 e. The van der Waals surface area contributed by atoms with Gasteiger partial charge in [-0.3, -0.25) is 9.11 Å². The summed E-state index contributed by atoms with van der Waals surface area (Å²) in [7, 11) is -4.67. The van der Waals surface area contributed by atoms with Gasteiger partial charge in [-0.15, -0.1) is 0 Å². The van der Waals surface area contributed by atoms with Crippen molar-refractivity contribution in [2.75, 3.05) is 0 Å². The van der Waals surface area contributed by atoms with Crippen molar-refractivity contribution in [3.63, 3.8) is 0 Å². The largest absolute Gasteiger partial charge is 0.412 e. The van der Waals surface area contributed by atoms with Gasteiger partial charge in [-0.2, -0.15) is 8.42 Å². The highest BCUT2D eigenvalue weighted by Gasteiger charge is 1.84. The summed E-state index contributed by atoms with van der Waals surface area (Å²) in [5, 5.41) is 0. The molecule has 0 fully saturated rings. The van der Waals surface area contributed by atoms with E-state index < -0.39 is 10.4 Å². The van der Waals surface area contributed by atoms with E-state index in [-0.39, 0.29) is 60.9 Å². The lowest BCUT2D eigenvalue weighted by Crippen LogP contribution is -1.89. The number of hydrogen-bond acceptors (Lipinski definition) is 3. The summed E-state index contributed by atoms with van der Waals surface area (Å²) in [6.45, 7) is 0. The molecule has 15 nitrogen and oxygen atoms in total. The first-order valence-corrected chi connectivity index (χ1v) is 2.10. The van der Waals surface area contributed by atoms with E-state index in [2.05, 4.69) is 0 Å². The van der Waals surface area contributed by atoms with Crippen LogP contribution < -0.4 is 6.15 Å². The Morgan fingerprint density at radius 1 is 0.500 bits per heavy atom. The highest BCUT2D eigenvalue weighted by atomic mass is 32.3. The lowest BCUT2D eigenvalue weighted by atomic mass is 14.0. The average molecular weight is 295 g/mol. The third-order valence-corrected chi connectivity index (χ3v) is 0. The zero-order chi connectivity index (χ0) is 4.50. The molecule has 0 aliphatic carbocycles. The van der Waals surface area contributed by atoms with Gasteiger partial charge in [-0.1, -0.05) is 0 Å². The second-order valence-corrected chi connectivity index (χ2v) is 1.34. The van der Waals surface area contributed by atoms with Crippen LogP contribution in [-0.2, 0) is 10.4 Å². The van der Waals surface area contributed by atoms with Crippen molar-refractivity contribution in [2.45, 2.75) is 0 Å². The van der Waals surface area contributed by atoms with Gasteiger partial charge in [-0.25, -0.2) is 0 Å². The van der Waals surface area contributed by atoms with Gasteiger partial charge in [0, 0.05) is 0 Å². The Hall–Kier alpha value is -0.570. The normalized spacial score (nSPS) is 3.62. The van der Waals surface area contributed by atoms with Gasteiger partial charge in [0.15, 0.2) is 0 Å². The molecule has 0 aliphatic rings. The van der Waals surface area contributed by atoms with Gasteiger partial charge < -0.3 is 60.9 Å². The monoisotopic (exact) mass is 295 g/mol. The molecule has 0 bridgehead atoms. The van der Waals surface area contributed by atoms with Gasteiger partial charge in [0.1, 0.15) is 0 Å². The van der Waals surface area contributed by atoms with Crippen LogP contribution >= 0.6 is 0 Å². The Balaban J connectivity index is -0.00000000145. The van der Waals surface area contributed by atoms with E-state index in [0.717, 1.165) is 0 Å². The molecule has 0 saturated carbocycles. The fourth-order valence-electron chi connectivity index (χ4n) is 0. The Bertz CT molecular complexity index is 93.9. The lowest BCUT2D eigenvalue weighted by Gasteiger charge is -1.68. The standard InChI is InChI=1S/H3N.H2O4S.10H2O/c;1-5(2,3)4;;;;;;;;;;/h1H3;(H2,1,2,3,4);10*1H2. The van der Waals surface area contributed by atoms with E-state index >= 15 is 0 Å². The van der Waals surface area contributed by atoms with Gasteiger partial charge in [0.05, 0.1) is 0 Å². The van der Waals surface area contributed by atoms with Crippen molar-refractivity contribution in [3.8, 4) is 0 Å². The molecule has 120 valence electrons. The van der Waals surface area contributed by atoms with Crippen molar-refractivity contribution in [1.82, 2.24) is 6.15 Å². The summed E-state index contributed by atoms with van der Waals surface area (Å²) in [5.74, 6) is 0. The Kier molecular flexibility index (Phi) is 1510. The summed E-state index contributed by atoms with van der Waals surface area (Å²) in [6, 6.07) is 0. The van der Waals surface area contributed by atoms with Crippen molar-refractivity contribution in [1.29, 1.82) is 0 Å². The fraction of sp³-hybridized carbons (Fsp3) is 0. The van der Waals surface area contributed by atoms with Crippen LogP contribution in [0.3, 0.4) is 0 Å². The molecule has 0 aromatic heterocycles. The van der Waals surface area contributed by atoms with Crippen molar-refractivity contribution < 1.29 is 72.3 Å². The van der Waals surface area contributed by atoms with E-state index in [1.54, 1.807) is 0 Å². The minimum atomic E-state index is -4.67. The van der Waals surface area contributed by atoms with Crippen molar-refractivity contribution in [2.24, 2.45) is 0 Å². The van der Waals surface area contributed by atoms with Gasteiger partial charge in [0.25, 0.3) is 0 Å². The Labute approximate surface area is 89.9 Å². The van der Waals surface area contributed by atoms with Crippen molar-refractivity contribution in [3.05, 3.63) is 0 Å². The highest BCUT2D eigenvalue weighted by Crippen LogP contribution is 1.59. The SMILES string of the molecule is N.O.O.O.O.O.O.O.O.O.O.O=S(=O)(O)O. The predicted octanol–water partition coefficient (Wildman–Crippen LogP) is -8.74. The molecule has 0 aromatic carbocycles. The van der Waals surface area contributed by atoms with Gasteiger partial charge in [0.2, 0.25) is 0 Å². The average Bonchev–Trinajstić information content (AvgIpc) is 0.722. The first-order chi connectivity index (χ1) is 2.00. The van der Waals surface area contributed by atoms with Crippen LogP contribution in [0.1, 0.15) is 0 Å². The highest BCUT2D eigenvalue weighted by molar-refractivity contribution is 7.79. The zero-order valence-corrected chi connectivity index (χ0v) is 8.64. The second-order valence-electron chi connectivity index (χ2n) is 0.448. The molecule has 25 N–H and O–H groups in total. The maximum absolute atomic E-state index is 8.74. The topological polar surface area (TPSA) is 425 Å². The smallest absolute Gasteiger partial charge is 0.394 e. The van der Waals surface area contributed by atoms with E-state index in [1.165, 1.54) is 0 Å². The molecule has 0 aliphatic heterocycles. The zero-order valence-electron chi connectivity index (χ0n) is 7.83. The molecular formula is H25NO14S. The Morgan fingerprint density at radius 2 is 0.500 bits per heavy atom. The summed E-state index contributed by atoms with van der Waals surface area (Å²) < 4.78 is 31.6. The molecule has 0 rings (SSSR count). The molecule has 0 radical (unpaired) electrons. The maximum Gasteiger partial charge on any atom is 0.394 e. The number of rotatable bonds is 0. The fourth-order valence-corrected chi connectivity index (χ4v) is 0. The molecule has 16 heteroatoms. The molecular weight excluding hydrogens is 270 g/mol. The summed E-state index contributed by atoms with van der Waals surface area (Å²) in [6.07, 6.45) is 0. The molecule has 16 heavy (non-hydrogen) atoms. The summed E-state index contributed by atoms with van der Waals surface area (Å²) in [5.41, 5.74) is 0. The van der Waals surface area contributed by atoms with E-state index in [9.17, 15) is 0 Å². The third kappa shape index (κ3) is 6390. The van der Waals surface area contributed by atoms with Crippen LogP contribution in [0.4, 0.5) is 0 Å². The van der Waals surface area contributed by atoms with Crippen LogP contribution in [-0.4, -0.2) is 72.3 Å². The maximum atomic E-state index is 8.74. The molecule has 0 saturated heterocycles. The van der Waals surface area contributed by atoms with Crippen LogP contribution in [0.2, 0.25) is 0 Å². The first kappa shape index (κ1) is 273. The minimum absolute atomic E-state index is 0. The van der Waals surface area contributed by atoms with Crippen LogP contribution in [0.15, 0.2) is 0 Å². The van der Waals surface area contributed by atoms with E-state index in [4.69, 9.17) is 17.5 Å². The van der Waals surface area contributed by atoms with E-state index in [1.807, 2.05) is 0 Å². The summed E-state index contributed by atoms with van der Waals surface area (Å²) in [4.78, 5) is 0. The predicted molar refractivity (Wildman–Crippen MR) is 55.3 cm³/mol.